The van der Waals surface area contributed by atoms with Gasteiger partial charge in [0.05, 0.1) is 22.4 Å². The van der Waals surface area contributed by atoms with E-state index in [2.05, 4.69) is 10.3 Å². The highest BCUT2D eigenvalue weighted by atomic mass is 32.2. The van der Waals surface area contributed by atoms with Crippen molar-refractivity contribution in [3.8, 4) is 5.75 Å². The van der Waals surface area contributed by atoms with Gasteiger partial charge in [0, 0.05) is 6.54 Å². The van der Waals surface area contributed by atoms with E-state index in [1.807, 2.05) is 19.1 Å². The summed E-state index contributed by atoms with van der Waals surface area (Å²) in [5, 5.41) is 3.18. The van der Waals surface area contributed by atoms with E-state index in [0.717, 1.165) is 18.8 Å². The Kier molecular flexibility index (Phi) is 5.95. The zero-order chi connectivity index (χ0) is 15.2. The Bertz CT molecular complexity index is 504. The van der Waals surface area contributed by atoms with Crippen LogP contribution in [0.4, 0.5) is 0 Å². The molecule has 0 radical (unpaired) electrons. The number of hydrogen-bond donors (Lipinski definition) is 1. The quantitative estimate of drug-likeness (QED) is 0.831. The number of aromatic nitrogens is 1. The molecule has 1 aromatic rings. The second kappa shape index (κ2) is 7.04. The van der Waals surface area contributed by atoms with Crippen LogP contribution in [0.25, 0.3) is 0 Å². The topological polar surface area (TPSA) is 68.3 Å². The van der Waals surface area contributed by atoms with Gasteiger partial charge in [-0.3, -0.25) is 4.98 Å². The molecule has 0 saturated carbocycles. The molecular weight excluding hydrogens is 276 g/mol. The minimum atomic E-state index is -3.14. The van der Waals surface area contributed by atoms with Gasteiger partial charge in [0.1, 0.15) is 12.4 Å². The molecule has 1 aromatic heterocycles. The van der Waals surface area contributed by atoms with Gasteiger partial charge >= 0.3 is 0 Å². The molecule has 0 amide bonds. The fourth-order valence-corrected chi connectivity index (χ4v) is 2.34. The average Bonchev–Trinajstić information content (AvgIpc) is 2.36. The van der Waals surface area contributed by atoms with Crippen LogP contribution in [0.2, 0.25) is 0 Å². The summed E-state index contributed by atoms with van der Waals surface area (Å²) in [7, 11) is -3.14. The lowest BCUT2D eigenvalue weighted by Crippen LogP contribution is -2.32. The predicted octanol–water partition coefficient (Wildman–Crippen LogP) is 1.78. The molecule has 0 spiro atoms. The first kappa shape index (κ1) is 16.9. The summed E-state index contributed by atoms with van der Waals surface area (Å²) in [4.78, 5) is 4.24. The maximum absolute atomic E-state index is 11.9. The molecule has 5 nitrogen and oxygen atoms in total. The third-order valence-electron chi connectivity index (χ3n) is 2.91. The summed E-state index contributed by atoms with van der Waals surface area (Å²) in [6.45, 7) is 8.87. The van der Waals surface area contributed by atoms with Crippen molar-refractivity contribution in [2.45, 2.75) is 39.0 Å². The monoisotopic (exact) mass is 300 g/mol. The van der Waals surface area contributed by atoms with E-state index in [0.29, 0.717) is 5.75 Å². The Hall–Kier alpha value is -1.14. The number of hydrogen-bond acceptors (Lipinski definition) is 5. The van der Waals surface area contributed by atoms with Gasteiger partial charge in [0.15, 0.2) is 9.84 Å². The molecule has 0 unspecified atom stereocenters. The third-order valence-corrected chi connectivity index (χ3v) is 5.48. The summed E-state index contributed by atoms with van der Waals surface area (Å²) < 4.78 is 28.5. The Labute approximate surface area is 121 Å². The van der Waals surface area contributed by atoms with Gasteiger partial charge in [0.25, 0.3) is 0 Å². The zero-order valence-corrected chi connectivity index (χ0v) is 13.5. The van der Waals surface area contributed by atoms with Gasteiger partial charge in [-0.05, 0) is 39.4 Å². The van der Waals surface area contributed by atoms with Gasteiger partial charge in [-0.2, -0.15) is 0 Å². The van der Waals surface area contributed by atoms with Gasteiger partial charge in [-0.25, -0.2) is 8.42 Å². The summed E-state index contributed by atoms with van der Waals surface area (Å²) in [5.41, 5.74) is 0.932. The highest BCUT2D eigenvalue weighted by Gasteiger charge is 2.28. The number of rotatable bonds is 7. The van der Waals surface area contributed by atoms with Crippen LogP contribution in [0.3, 0.4) is 0 Å². The molecule has 114 valence electrons. The van der Waals surface area contributed by atoms with Gasteiger partial charge in [-0.15, -0.1) is 0 Å². The lowest BCUT2D eigenvalue weighted by atomic mass is 10.3. The van der Waals surface area contributed by atoms with Crippen LogP contribution in [0, 0.1) is 0 Å². The number of pyridine rings is 1. The fraction of sp³-hybridized carbons (Fsp3) is 0.643. The largest absolute Gasteiger partial charge is 0.491 e. The van der Waals surface area contributed by atoms with E-state index in [1.54, 1.807) is 27.0 Å². The molecule has 6 heteroatoms. The van der Waals surface area contributed by atoms with E-state index in [-0.39, 0.29) is 12.4 Å². The Balaban J connectivity index is 2.47. The van der Waals surface area contributed by atoms with Crippen molar-refractivity contribution in [1.82, 2.24) is 10.3 Å². The van der Waals surface area contributed by atoms with Crippen molar-refractivity contribution < 1.29 is 13.2 Å². The summed E-state index contributed by atoms with van der Waals surface area (Å²) in [6.07, 6.45) is 1.62. The first-order valence-electron chi connectivity index (χ1n) is 6.77. The minimum Gasteiger partial charge on any atom is -0.491 e. The van der Waals surface area contributed by atoms with Crippen LogP contribution in [0.1, 0.15) is 33.4 Å². The molecule has 0 atom stereocenters. The van der Waals surface area contributed by atoms with Crippen LogP contribution < -0.4 is 10.1 Å². The van der Waals surface area contributed by atoms with Crippen molar-refractivity contribution in [1.29, 1.82) is 0 Å². The lowest BCUT2D eigenvalue weighted by Gasteiger charge is -2.19. The number of nitrogens with zero attached hydrogens (tertiary/aromatic N) is 1. The van der Waals surface area contributed by atoms with E-state index in [9.17, 15) is 8.42 Å². The molecule has 0 aliphatic heterocycles. The summed E-state index contributed by atoms with van der Waals surface area (Å²) >= 11 is 0. The first-order chi connectivity index (χ1) is 9.26. The van der Waals surface area contributed by atoms with Crippen LogP contribution in [0.5, 0.6) is 5.75 Å². The van der Waals surface area contributed by atoms with E-state index >= 15 is 0 Å². The molecule has 0 bridgehead atoms. The predicted molar refractivity (Wildman–Crippen MR) is 80.7 cm³/mol. The molecule has 1 N–H and O–H groups in total. The third kappa shape index (κ3) is 5.09. The maximum Gasteiger partial charge on any atom is 0.158 e. The second-order valence-corrected chi connectivity index (χ2v) is 8.41. The van der Waals surface area contributed by atoms with E-state index < -0.39 is 14.6 Å². The fourth-order valence-electron chi connectivity index (χ4n) is 1.43. The maximum atomic E-state index is 11.9. The van der Waals surface area contributed by atoms with Crippen molar-refractivity contribution >= 4 is 9.84 Å². The Morgan fingerprint density at radius 2 is 2.00 bits per heavy atom. The van der Waals surface area contributed by atoms with Crippen molar-refractivity contribution in [3.05, 3.63) is 24.0 Å². The Morgan fingerprint density at radius 1 is 1.30 bits per heavy atom. The molecule has 0 saturated heterocycles. The van der Waals surface area contributed by atoms with Crippen molar-refractivity contribution in [2.24, 2.45) is 0 Å². The normalized spacial score (nSPS) is 12.4. The van der Waals surface area contributed by atoms with Crippen molar-refractivity contribution in [3.63, 3.8) is 0 Å². The van der Waals surface area contributed by atoms with Crippen LogP contribution in [-0.2, 0) is 16.4 Å². The molecule has 1 heterocycles. The zero-order valence-electron chi connectivity index (χ0n) is 12.6. The highest BCUT2D eigenvalue weighted by Crippen LogP contribution is 2.16. The lowest BCUT2D eigenvalue weighted by molar-refractivity contribution is 0.338. The minimum absolute atomic E-state index is 0.00957. The van der Waals surface area contributed by atoms with Crippen LogP contribution in [0.15, 0.2) is 18.3 Å². The molecule has 0 aliphatic carbocycles. The van der Waals surface area contributed by atoms with E-state index in [4.69, 9.17) is 4.74 Å². The molecule has 0 aliphatic rings. The molecule has 0 fully saturated rings. The SMILES string of the molecule is CCNCc1ccc(OCCS(=O)(=O)C(C)(C)C)cn1. The smallest absolute Gasteiger partial charge is 0.158 e. The standard InChI is InChI=1S/C14H24N2O3S/c1-5-15-10-12-6-7-13(11-16-12)19-8-9-20(17,18)14(2,3)4/h6-7,11,15H,5,8-10H2,1-4H3. The van der Waals surface area contributed by atoms with Crippen LogP contribution >= 0.6 is 0 Å². The van der Waals surface area contributed by atoms with Gasteiger partial charge < -0.3 is 10.1 Å². The summed E-state index contributed by atoms with van der Waals surface area (Å²) in [5.74, 6) is 0.602. The van der Waals surface area contributed by atoms with Crippen LogP contribution in [-0.4, -0.2) is 37.1 Å². The number of nitrogens with one attached hydrogen (secondary N) is 1. The number of sulfone groups is 1. The molecular formula is C14H24N2O3S. The molecule has 1 rings (SSSR count). The molecule has 0 aromatic carbocycles. The Morgan fingerprint density at radius 3 is 2.50 bits per heavy atom. The van der Waals surface area contributed by atoms with Gasteiger partial charge in [0.2, 0.25) is 0 Å². The second-order valence-electron chi connectivity index (χ2n) is 5.55. The van der Waals surface area contributed by atoms with E-state index in [1.165, 1.54) is 0 Å². The first-order valence-corrected chi connectivity index (χ1v) is 8.42. The highest BCUT2D eigenvalue weighted by molar-refractivity contribution is 7.92. The number of ether oxygens (including phenoxy) is 1. The summed E-state index contributed by atoms with van der Waals surface area (Å²) in [6, 6.07) is 3.68. The average molecular weight is 300 g/mol. The molecule has 20 heavy (non-hydrogen) atoms. The van der Waals surface area contributed by atoms with Gasteiger partial charge in [-0.1, -0.05) is 6.92 Å². The van der Waals surface area contributed by atoms with Crippen molar-refractivity contribution in [2.75, 3.05) is 18.9 Å².